The van der Waals surface area contributed by atoms with Crippen molar-refractivity contribution in [1.82, 2.24) is 29.1 Å². The molecule has 0 fully saturated rings. The Labute approximate surface area is 205 Å². The maximum absolute atomic E-state index is 13.7. The summed E-state index contributed by atoms with van der Waals surface area (Å²) < 4.78 is 36.5. The summed E-state index contributed by atoms with van der Waals surface area (Å²) in [6, 6.07) is 7.17. The number of nitrogens with zero attached hydrogens (tertiary/aromatic N) is 6. The summed E-state index contributed by atoms with van der Waals surface area (Å²) in [6.45, 7) is 7.43. The molecule has 0 unspecified atom stereocenters. The average molecular weight is 491 g/mol. The van der Waals surface area contributed by atoms with E-state index in [9.17, 15) is 13.6 Å². The molecular weight excluding hydrogens is 466 g/mol. The molecule has 36 heavy (non-hydrogen) atoms. The van der Waals surface area contributed by atoms with E-state index in [1.807, 2.05) is 34.4 Å². The first-order chi connectivity index (χ1) is 17.1. The first-order valence-electron chi connectivity index (χ1n) is 11.4. The van der Waals surface area contributed by atoms with Crippen LogP contribution in [0.2, 0.25) is 0 Å². The van der Waals surface area contributed by atoms with Gasteiger partial charge in [-0.25, -0.2) is 23.7 Å². The predicted molar refractivity (Wildman–Crippen MR) is 129 cm³/mol. The van der Waals surface area contributed by atoms with E-state index in [0.717, 1.165) is 6.07 Å². The molecule has 0 saturated heterocycles. The van der Waals surface area contributed by atoms with Gasteiger partial charge < -0.3 is 9.30 Å². The standard InChI is InChI=1S/C26H24F2N6O2/c1-15-31-23-22(34(15)13-16-7-17(27)9-18(28)8-16)10-20(12-30-23)33-6-5-21-24(33)32-19(11-29-21)14-36-25(35)26(2,3)4/h5-12H,13-14H2,1-4H3. The Morgan fingerprint density at radius 2 is 1.78 bits per heavy atom. The van der Waals surface area contributed by atoms with Crippen molar-refractivity contribution in [2.24, 2.45) is 5.41 Å². The first kappa shape index (κ1) is 23.5. The number of rotatable bonds is 5. The number of ether oxygens (including phenoxy) is 1. The number of benzene rings is 1. The smallest absolute Gasteiger partial charge is 0.311 e. The second-order valence-electron chi connectivity index (χ2n) is 9.64. The summed E-state index contributed by atoms with van der Waals surface area (Å²) in [5.74, 6) is -0.921. The van der Waals surface area contributed by atoms with Gasteiger partial charge in [-0.15, -0.1) is 0 Å². The van der Waals surface area contributed by atoms with Gasteiger partial charge in [0.2, 0.25) is 0 Å². The number of hydrogen-bond donors (Lipinski definition) is 0. The normalized spacial score (nSPS) is 11.9. The second-order valence-corrected chi connectivity index (χ2v) is 9.64. The van der Waals surface area contributed by atoms with E-state index >= 15 is 0 Å². The van der Waals surface area contributed by atoms with Crippen LogP contribution in [0.25, 0.3) is 28.0 Å². The zero-order valence-corrected chi connectivity index (χ0v) is 20.3. The van der Waals surface area contributed by atoms with Gasteiger partial charge in [0, 0.05) is 18.8 Å². The molecule has 4 heterocycles. The van der Waals surface area contributed by atoms with E-state index in [0.29, 0.717) is 45.1 Å². The number of carbonyl (C=O) groups is 1. The van der Waals surface area contributed by atoms with Crippen molar-refractivity contribution in [2.45, 2.75) is 40.8 Å². The number of hydrogen-bond acceptors (Lipinski definition) is 6. The van der Waals surface area contributed by atoms with Crippen molar-refractivity contribution in [2.75, 3.05) is 0 Å². The number of halogens is 2. The number of carbonyl (C=O) groups excluding carboxylic acids is 1. The zero-order chi connectivity index (χ0) is 25.6. The van der Waals surface area contributed by atoms with Gasteiger partial charge in [-0.1, -0.05) is 0 Å². The third-order valence-corrected chi connectivity index (χ3v) is 5.73. The lowest BCUT2D eigenvalue weighted by Gasteiger charge is -2.16. The molecule has 1 aromatic carbocycles. The van der Waals surface area contributed by atoms with Gasteiger partial charge in [0.25, 0.3) is 0 Å². The van der Waals surface area contributed by atoms with Crippen LogP contribution in [-0.2, 0) is 22.7 Å². The van der Waals surface area contributed by atoms with Crippen molar-refractivity contribution in [3.8, 4) is 5.69 Å². The number of pyridine rings is 1. The molecule has 5 aromatic rings. The van der Waals surface area contributed by atoms with Crippen LogP contribution in [0, 0.1) is 24.0 Å². The van der Waals surface area contributed by atoms with Crippen LogP contribution in [0.3, 0.4) is 0 Å². The Kier molecular flexibility index (Phi) is 5.74. The molecule has 5 rings (SSSR count). The highest BCUT2D eigenvalue weighted by Crippen LogP contribution is 2.23. The zero-order valence-electron chi connectivity index (χ0n) is 20.3. The topological polar surface area (TPSA) is 87.7 Å². The summed E-state index contributed by atoms with van der Waals surface area (Å²) in [5, 5.41) is 0. The van der Waals surface area contributed by atoms with E-state index in [-0.39, 0.29) is 19.1 Å². The van der Waals surface area contributed by atoms with Crippen molar-refractivity contribution in [3.63, 3.8) is 0 Å². The van der Waals surface area contributed by atoms with E-state index in [2.05, 4.69) is 19.9 Å². The minimum absolute atomic E-state index is 0.0116. The molecular formula is C26H24F2N6O2. The van der Waals surface area contributed by atoms with Gasteiger partial charge in [0.15, 0.2) is 11.3 Å². The number of esters is 1. The highest BCUT2D eigenvalue weighted by molar-refractivity contribution is 5.78. The Morgan fingerprint density at radius 3 is 2.50 bits per heavy atom. The molecule has 0 aliphatic carbocycles. The molecule has 0 aliphatic rings. The number of fused-ring (bicyclic) bond motifs is 2. The molecule has 0 aliphatic heterocycles. The lowest BCUT2D eigenvalue weighted by molar-refractivity contribution is -0.154. The highest BCUT2D eigenvalue weighted by atomic mass is 19.1. The molecule has 0 radical (unpaired) electrons. The lowest BCUT2D eigenvalue weighted by Crippen LogP contribution is -2.22. The van der Waals surface area contributed by atoms with Gasteiger partial charge in [-0.3, -0.25) is 14.3 Å². The quantitative estimate of drug-likeness (QED) is 0.326. The summed E-state index contributed by atoms with van der Waals surface area (Å²) in [5.41, 5.74) is 3.57. The van der Waals surface area contributed by atoms with Crippen molar-refractivity contribution in [3.05, 3.63) is 77.6 Å². The summed E-state index contributed by atoms with van der Waals surface area (Å²) >= 11 is 0. The van der Waals surface area contributed by atoms with Crippen LogP contribution < -0.4 is 0 Å². The van der Waals surface area contributed by atoms with Crippen LogP contribution in [0.4, 0.5) is 8.78 Å². The van der Waals surface area contributed by atoms with Crippen LogP contribution in [0.15, 0.2) is 48.9 Å². The number of aromatic nitrogens is 6. The second kappa shape index (κ2) is 8.78. The molecule has 0 amide bonds. The van der Waals surface area contributed by atoms with Gasteiger partial charge in [0.1, 0.15) is 29.6 Å². The predicted octanol–water partition coefficient (Wildman–Crippen LogP) is 4.89. The molecule has 4 aromatic heterocycles. The first-order valence-corrected chi connectivity index (χ1v) is 11.4. The van der Waals surface area contributed by atoms with E-state index in [1.54, 1.807) is 33.2 Å². The molecule has 10 heteroatoms. The molecule has 0 N–H and O–H groups in total. The van der Waals surface area contributed by atoms with Crippen molar-refractivity contribution in [1.29, 1.82) is 0 Å². The van der Waals surface area contributed by atoms with E-state index < -0.39 is 17.0 Å². The fourth-order valence-electron chi connectivity index (χ4n) is 3.89. The molecule has 8 nitrogen and oxygen atoms in total. The van der Waals surface area contributed by atoms with Gasteiger partial charge in [0.05, 0.1) is 34.7 Å². The minimum atomic E-state index is -0.632. The fourth-order valence-corrected chi connectivity index (χ4v) is 3.89. The third-order valence-electron chi connectivity index (χ3n) is 5.73. The minimum Gasteiger partial charge on any atom is -0.459 e. The highest BCUT2D eigenvalue weighted by Gasteiger charge is 2.23. The largest absolute Gasteiger partial charge is 0.459 e. The monoisotopic (exact) mass is 490 g/mol. The van der Waals surface area contributed by atoms with E-state index in [1.165, 1.54) is 12.1 Å². The average Bonchev–Trinajstić information content (AvgIpc) is 3.36. The summed E-state index contributed by atoms with van der Waals surface area (Å²) in [4.78, 5) is 30.2. The maximum Gasteiger partial charge on any atom is 0.311 e. The Hall–Kier alpha value is -4.21. The number of aryl methyl sites for hydroxylation is 1. The van der Waals surface area contributed by atoms with Crippen LogP contribution in [0.1, 0.15) is 37.9 Å². The van der Waals surface area contributed by atoms with Crippen LogP contribution in [0.5, 0.6) is 0 Å². The molecule has 0 bridgehead atoms. The molecule has 0 saturated carbocycles. The van der Waals surface area contributed by atoms with Gasteiger partial charge in [-0.2, -0.15) is 0 Å². The summed E-state index contributed by atoms with van der Waals surface area (Å²) in [6.07, 6.45) is 5.09. The SMILES string of the molecule is Cc1nc2ncc(-n3ccc4ncc(COC(=O)C(C)(C)C)nc43)cc2n1Cc1cc(F)cc(F)c1. The Balaban J connectivity index is 1.51. The Bertz CT molecular complexity index is 1600. The van der Waals surface area contributed by atoms with Crippen molar-refractivity contribution >= 4 is 28.3 Å². The van der Waals surface area contributed by atoms with Crippen LogP contribution in [-0.4, -0.2) is 35.0 Å². The molecule has 184 valence electrons. The molecule has 0 atom stereocenters. The lowest BCUT2D eigenvalue weighted by atomic mass is 9.97. The number of imidazole rings is 1. The third kappa shape index (κ3) is 4.53. The summed E-state index contributed by atoms with van der Waals surface area (Å²) in [7, 11) is 0. The molecule has 0 spiro atoms. The van der Waals surface area contributed by atoms with Crippen LogP contribution >= 0.6 is 0 Å². The Morgan fingerprint density at radius 1 is 1.03 bits per heavy atom. The van der Waals surface area contributed by atoms with Crippen molar-refractivity contribution < 1.29 is 18.3 Å². The van der Waals surface area contributed by atoms with E-state index in [4.69, 9.17) is 4.74 Å². The van der Waals surface area contributed by atoms with Gasteiger partial charge >= 0.3 is 5.97 Å². The fraction of sp³-hybridized carbons (Fsp3) is 0.269. The maximum atomic E-state index is 13.7. The van der Waals surface area contributed by atoms with Gasteiger partial charge in [-0.05, 0) is 57.5 Å².